The zero-order valence-corrected chi connectivity index (χ0v) is 17.4. The molecule has 32 heavy (non-hydrogen) atoms. The highest BCUT2D eigenvalue weighted by Gasteiger charge is 2.88. The van der Waals surface area contributed by atoms with Gasteiger partial charge < -0.3 is 4.74 Å². The Hall–Kier alpha value is -1.56. The molecule has 0 saturated carbocycles. The van der Waals surface area contributed by atoms with E-state index in [0.717, 1.165) is 51.5 Å². The van der Waals surface area contributed by atoms with Crippen LogP contribution >= 0.6 is 0 Å². The molecule has 0 bridgehead atoms. The van der Waals surface area contributed by atoms with Gasteiger partial charge in [0.2, 0.25) is 0 Å². The van der Waals surface area contributed by atoms with Crippen molar-refractivity contribution in [2.24, 2.45) is 0 Å². The van der Waals surface area contributed by atoms with Crippen LogP contribution in [0.1, 0.15) is 71.6 Å². The average molecular weight is 494 g/mol. The van der Waals surface area contributed by atoms with E-state index in [1.54, 1.807) is 0 Å². The van der Waals surface area contributed by atoms with Crippen LogP contribution in [0.2, 0.25) is 0 Å². The fourth-order valence-corrected chi connectivity index (χ4v) is 2.50. The van der Waals surface area contributed by atoms with Crippen LogP contribution in [0.15, 0.2) is 11.6 Å². The second-order valence-electron chi connectivity index (χ2n) is 7.28. The van der Waals surface area contributed by atoms with E-state index < -0.39 is 41.6 Å². The number of alkyl halides is 11. The SMILES string of the molecule is CCCCCCCCCCC=C(C)C(=O)OC(F)(F)C(F)(F)C(F)(F)C(F)(F)C(F)(F)F. The van der Waals surface area contributed by atoms with Gasteiger partial charge in [0.25, 0.3) is 0 Å². The highest BCUT2D eigenvalue weighted by molar-refractivity contribution is 5.87. The lowest BCUT2D eigenvalue weighted by Gasteiger charge is -2.36. The van der Waals surface area contributed by atoms with Gasteiger partial charge in [-0.25, -0.2) is 4.79 Å². The van der Waals surface area contributed by atoms with E-state index in [9.17, 15) is 53.1 Å². The van der Waals surface area contributed by atoms with E-state index in [4.69, 9.17) is 0 Å². The van der Waals surface area contributed by atoms with Crippen LogP contribution in [0, 0.1) is 0 Å². The van der Waals surface area contributed by atoms with Gasteiger partial charge in [-0.15, -0.1) is 0 Å². The Morgan fingerprint density at radius 2 is 1.12 bits per heavy atom. The quantitative estimate of drug-likeness (QED) is 0.106. The molecule has 0 aliphatic heterocycles. The van der Waals surface area contributed by atoms with Crippen LogP contribution in [-0.2, 0) is 9.53 Å². The number of esters is 1. The van der Waals surface area contributed by atoms with Gasteiger partial charge in [0.15, 0.2) is 0 Å². The van der Waals surface area contributed by atoms with Crippen molar-refractivity contribution in [2.75, 3.05) is 0 Å². The first-order valence-electron chi connectivity index (χ1n) is 9.85. The van der Waals surface area contributed by atoms with Crippen LogP contribution < -0.4 is 0 Å². The highest BCUT2D eigenvalue weighted by Crippen LogP contribution is 2.57. The van der Waals surface area contributed by atoms with Crippen LogP contribution in [0.5, 0.6) is 0 Å². The van der Waals surface area contributed by atoms with Crippen molar-refractivity contribution in [3.05, 3.63) is 11.6 Å². The summed E-state index contributed by atoms with van der Waals surface area (Å²) in [5, 5.41) is 0. The van der Waals surface area contributed by atoms with Gasteiger partial charge >= 0.3 is 36.0 Å². The summed E-state index contributed by atoms with van der Waals surface area (Å²) < 4.78 is 144. The number of hydrogen-bond acceptors (Lipinski definition) is 2. The molecule has 0 rings (SSSR count). The molecular formula is C19H25F11O2. The molecule has 0 atom stereocenters. The molecule has 0 aromatic carbocycles. The zero-order chi connectivity index (χ0) is 25.4. The second-order valence-corrected chi connectivity index (χ2v) is 7.28. The lowest BCUT2D eigenvalue weighted by molar-refractivity contribution is -0.449. The summed E-state index contributed by atoms with van der Waals surface area (Å²) >= 11 is 0. The molecule has 0 aromatic rings. The standard InChI is InChI=1S/C19H25F11O2/c1-3-4-5-6-7-8-9-10-11-12-13(2)14(31)32-19(29,30)17(24,25)15(20,21)16(22,23)18(26,27)28/h12H,3-11H2,1-2H3. The number of halogens is 11. The summed E-state index contributed by atoms with van der Waals surface area (Å²) in [4.78, 5) is 11.5. The van der Waals surface area contributed by atoms with E-state index in [2.05, 4.69) is 11.7 Å². The first-order valence-corrected chi connectivity index (χ1v) is 9.85. The number of allylic oxidation sites excluding steroid dienone is 1. The molecule has 0 unspecified atom stereocenters. The monoisotopic (exact) mass is 494 g/mol. The number of hydrogen-bond donors (Lipinski definition) is 0. The van der Waals surface area contributed by atoms with Gasteiger partial charge in [-0.05, 0) is 19.8 Å². The molecule has 0 spiro atoms. The Morgan fingerprint density at radius 1 is 0.688 bits per heavy atom. The molecule has 190 valence electrons. The molecule has 0 amide bonds. The van der Waals surface area contributed by atoms with Gasteiger partial charge in [-0.1, -0.05) is 57.9 Å². The van der Waals surface area contributed by atoms with Crippen molar-refractivity contribution in [3.8, 4) is 0 Å². The van der Waals surface area contributed by atoms with Gasteiger partial charge in [0, 0.05) is 5.57 Å². The Bertz CT molecular complexity index is 625. The molecule has 0 aliphatic carbocycles. The van der Waals surface area contributed by atoms with Crippen LogP contribution in [0.25, 0.3) is 0 Å². The van der Waals surface area contributed by atoms with E-state index in [0.29, 0.717) is 12.8 Å². The smallest absolute Gasteiger partial charge is 0.393 e. The van der Waals surface area contributed by atoms with Crippen molar-refractivity contribution in [2.45, 2.75) is 102 Å². The van der Waals surface area contributed by atoms with Gasteiger partial charge in [0.1, 0.15) is 0 Å². The molecule has 0 aliphatic rings. The van der Waals surface area contributed by atoms with Crippen molar-refractivity contribution >= 4 is 5.97 Å². The lowest BCUT2D eigenvalue weighted by Crippen LogP contribution is -2.67. The normalized spacial score (nSPS) is 14.6. The van der Waals surface area contributed by atoms with E-state index in [1.165, 1.54) is 0 Å². The number of unbranched alkanes of at least 4 members (excludes halogenated alkanes) is 8. The molecule has 0 saturated heterocycles. The first kappa shape index (κ1) is 30.4. The number of carbonyl (C=O) groups is 1. The largest absolute Gasteiger partial charge is 0.473 e. The van der Waals surface area contributed by atoms with E-state index in [1.807, 2.05) is 0 Å². The molecule has 13 heteroatoms. The summed E-state index contributed by atoms with van der Waals surface area (Å²) in [5.41, 5.74) is -0.727. The number of carbonyl (C=O) groups excluding carboxylic acids is 1. The zero-order valence-electron chi connectivity index (χ0n) is 17.4. The van der Waals surface area contributed by atoms with Crippen molar-refractivity contribution in [1.29, 1.82) is 0 Å². The fourth-order valence-electron chi connectivity index (χ4n) is 2.50. The van der Waals surface area contributed by atoms with Gasteiger partial charge in [0.05, 0.1) is 0 Å². The summed E-state index contributed by atoms with van der Waals surface area (Å²) in [6.45, 7) is 2.86. The minimum Gasteiger partial charge on any atom is -0.393 e. The minimum atomic E-state index is -7.61. The van der Waals surface area contributed by atoms with Gasteiger partial charge in [-0.3, -0.25) is 0 Å². The fraction of sp³-hybridized carbons (Fsp3) is 0.842. The highest BCUT2D eigenvalue weighted by atomic mass is 19.4. The third-order valence-corrected chi connectivity index (χ3v) is 4.56. The lowest BCUT2D eigenvalue weighted by atomic mass is 10.0. The molecule has 0 heterocycles. The predicted octanol–water partition coefficient (Wildman–Crippen LogP) is 8.07. The van der Waals surface area contributed by atoms with E-state index >= 15 is 0 Å². The number of rotatable bonds is 14. The van der Waals surface area contributed by atoms with E-state index in [-0.39, 0.29) is 6.42 Å². The molecular weight excluding hydrogens is 469 g/mol. The van der Waals surface area contributed by atoms with Crippen LogP contribution in [-0.4, -0.2) is 36.0 Å². The molecule has 0 N–H and O–H groups in total. The summed E-state index contributed by atoms with van der Waals surface area (Å²) in [7, 11) is 0. The minimum absolute atomic E-state index is 0.111. The topological polar surface area (TPSA) is 26.3 Å². The third kappa shape index (κ3) is 7.23. The van der Waals surface area contributed by atoms with Crippen molar-refractivity contribution in [3.63, 3.8) is 0 Å². The Morgan fingerprint density at radius 3 is 1.56 bits per heavy atom. The summed E-state index contributed by atoms with van der Waals surface area (Å²) in [6.07, 6.45) is -5.60. The Kier molecular flexibility index (Phi) is 11.0. The van der Waals surface area contributed by atoms with Crippen LogP contribution in [0.4, 0.5) is 48.3 Å². The molecule has 0 aromatic heterocycles. The maximum Gasteiger partial charge on any atom is 0.473 e. The molecule has 2 nitrogen and oxygen atoms in total. The maximum absolute atomic E-state index is 13.4. The summed E-state index contributed by atoms with van der Waals surface area (Å²) in [6, 6.07) is 0. The van der Waals surface area contributed by atoms with Crippen LogP contribution in [0.3, 0.4) is 0 Å². The molecule has 0 radical (unpaired) electrons. The van der Waals surface area contributed by atoms with Gasteiger partial charge in [-0.2, -0.15) is 48.3 Å². The second kappa shape index (κ2) is 11.5. The maximum atomic E-state index is 13.4. The average Bonchev–Trinajstić information content (AvgIpc) is 2.64. The Balaban J connectivity index is 4.99. The third-order valence-electron chi connectivity index (χ3n) is 4.56. The summed E-state index contributed by atoms with van der Waals surface area (Å²) in [5.74, 6) is -24.8. The van der Waals surface area contributed by atoms with Crippen molar-refractivity contribution in [1.82, 2.24) is 0 Å². The van der Waals surface area contributed by atoms with Crippen molar-refractivity contribution < 1.29 is 57.8 Å². The predicted molar refractivity (Wildman–Crippen MR) is 92.9 cm³/mol. The number of ether oxygens (including phenoxy) is 1. The first-order chi connectivity index (χ1) is 14.4. The Labute approximate surface area is 178 Å². The molecule has 0 fully saturated rings.